The summed E-state index contributed by atoms with van der Waals surface area (Å²) >= 11 is 5.58. The number of rotatable bonds is 2. The fourth-order valence-electron chi connectivity index (χ4n) is 0.828. The van der Waals surface area contributed by atoms with Crippen LogP contribution in [0.25, 0.3) is 0 Å². The first-order valence-electron chi connectivity index (χ1n) is 3.40. The fourth-order valence-corrected chi connectivity index (χ4v) is 0.983. The van der Waals surface area contributed by atoms with Gasteiger partial charge in [0, 0.05) is 5.56 Å². The van der Waals surface area contributed by atoms with E-state index in [9.17, 15) is 5.11 Å². The number of ether oxygens (including phenoxy) is 1. The Labute approximate surface area is 75.1 Å². The highest BCUT2D eigenvalue weighted by molar-refractivity contribution is 6.29. The Morgan fingerprint density at radius 1 is 1.58 bits per heavy atom. The Bertz CT molecular complexity index is 278. The molecule has 1 heterocycles. The van der Waals surface area contributed by atoms with Crippen molar-refractivity contribution in [3.63, 3.8) is 0 Å². The number of hydrogen-bond donors (Lipinski definition) is 1. The molecule has 0 saturated heterocycles. The second-order valence-corrected chi connectivity index (χ2v) is 2.69. The number of methoxy groups -OCH3 is 1. The van der Waals surface area contributed by atoms with Crippen LogP contribution in [0.2, 0.25) is 5.15 Å². The summed E-state index contributed by atoms with van der Waals surface area (Å²) in [6.07, 6.45) is -0.659. The van der Waals surface area contributed by atoms with Gasteiger partial charge in [-0.1, -0.05) is 11.6 Å². The average molecular weight is 189 g/mol. The van der Waals surface area contributed by atoms with E-state index >= 15 is 0 Å². The minimum absolute atomic E-state index is 0.242. The van der Waals surface area contributed by atoms with E-state index in [0.29, 0.717) is 11.4 Å². The van der Waals surface area contributed by atoms with E-state index in [1.165, 1.54) is 13.2 Å². The van der Waals surface area contributed by atoms with Crippen LogP contribution in [0, 0.1) is 0 Å². The van der Waals surface area contributed by atoms with Crippen LogP contribution >= 0.6 is 11.6 Å². The Balaban J connectivity index is 3.12. The van der Waals surface area contributed by atoms with E-state index in [4.69, 9.17) is 16.3 Å². The zero-order valence-electron chi connectivity index (χ0n) is 6.78. The van der Waals surface area contributed by atoms with Crippen molar-refractivity contribution in [3.8, 4) is 5.88 Å². The highest BCUT2D eigenvalue weighted by atomic mass is 35.5. The quantitative estimate of drug-likeness (QED) is 0.758. The van der Waals surface area contributed by atoms with Crippen LogP contribution in [0.3, 0.4) is 0 Å². The monoisotopic (exact) mass is 188 g/mol. The zero-order chi connectivity index (χ0) is 9.14. The van der Waals surface area contributed by atoms with Gasteiger partial charge in [0.1, 0.15) is 0 Å². The van der Waals surface area contributed by atoms with Crippen molar-refractivity contribution in [1.82, 2.24) is 10.2 Å². The van der Waals surface area contributed by atoms with Gasteiger partial charge in [-0.2, -0.15) is 0 Å². The molecule has 0 aromatic carbocycles. The number of aliphatic hydroxyl groups excluding tert-OH is 1. The zero-order valence-corrected chi connectivity index (χ0v) is 7.54. The maximum atomic E-state index is 9.25. The average Bonchev–Trinajstić information content (AvgIpc) is 2.04. The first-order chi connectivity index (χ1) is 5.65. The summed E-state index contributed by atoms with van der Waals surface area (Å²) in [4.78, 5) is 0. The molecule has 1 aromatic rings. The van der Waals surface area contributed by atoms with Crippen LogP contribution in [0.15, 0.2) is 6.07 Å². The predicted octanol–water partition coefficient (Wildman–Crippen LogP) is 1.19. The van der Waals surface area contributed by atoms with Crippen molar-refractivity contribution in [3.05, 3.63) is 16.8 Å². The van der Waals surface area contributed by atoms with E-state index < -0.39 is 6.10 Å². The van der Waals surface area contributed by atoms with Crippen molar-refractivity contribution >= 4 is 11.6 Å². The van der Waals surface area contributed by atoms with Crippen LogP contribution in [0.1, 0.15) is 18.6 Å². The van der Waals surface area contributed by atoms with Gasteiger partial charge in [-0.25, -0.2) is 0 Å². The molecule has 0 amide bonds. The van der Waals surface area contributed by atoms with E-state index in [1.807, 2.05) is 0 Å². The van der Waals surface area contributed by atoms with Crippen LogP contribution in [-0.4, -0.2) is 22.4 Å². The summed E-state index contributed by atoms with van der Waals surface area (Å²) in [7, 11) is 1.46. The van der Waals surface area contributed by atoms with Gasteiger partial charge in [-0.05, 0) is 13.0 Å². The SMILES string of the molecule is COc1nnc(Cl)cc1[C@H](C)O. The molecule has 0 unspecified atom stereocenters. The lowest BCUT2D eigenvalue weighted by molar-refractivity contribution is 0.192. The summed E-state index contributed by atoms with van der Waals surface area (Å²) in [6, 6.07) is 1.53. The van der Waals surface area contributed by atoms with Gasteiger partial charge >= 0.3 is 0 Å². The molecule has 1 rings (SSSR count). The Kier molecular flexibility index (Phi) is 2.83. The molecule has 0 bridgehead atoms. The normalized spacial score (nSPS) is 12.7. The molecule has 1 aromatic heterocycles. The third kappa shape index (κ3) is 1.84. The van der Waals surface area contributed by atoms with Gasteiger partial charge in [0.2, 0.25) is 5.88 Å². The summed E-state index contributed by atoms with van der Waals surface area (Å²) < 4.78 is 4.87. The summed E-state index contributed by atoms with van der Waals surface area (Å²) in [6.45, 7) is 1.61. The number of halogens is 1. The van der Waals surface area contributed by atoms with Gasteiger partial charge in [-0.15, -0.1) is 10.2 Å². The van der Waals surface area contributed by atoms with Crippen molar-refractivity contribution < 1.29 is 9.84 Å². The largest absolute Gasteiger partial charge is 0.480 e. The van der Waals surface area contributed by atoms with Crippen LogP contribution in [0.5, 0.6) is 5.88 Å². The molecule has 0 saturated carbocycles. The lowest BCUT2D eigenvalue weighted by Crippen LogP contribution is -2.00. The van der Waals surface area contributed by atoms with Crippen molar-refractivity contribution in [2.45, 2.75) is 13.0 Å². The Morgan fingerprint density at radius 3 is 2.75 bits per heavy atom. The molecule has 0 aliphatic rings. The number of aliphatic hydroxyl groups is 1. The Morgan fingerprint density at radius 2 is 2.25 bits per heavy atom. The number of nitrogens with zero attached hydrogens (tertiary/aromatic N) is 2. The van der Waals surface area contributed by atoms with Crippen LogP contribution in [0.4, 0.5) is 0 Å². The molecular weight excluding hydrogens is 180 g/mol. The molecule has 0 fully saturated rings. The number of hydrogen-bond acceptors (Lipinski definition) is 4. The van der Waals surface area contributed by atoms with Gasteiger partial charge < -0.3 is 9.84 Å². The predicted molar refractivity (Wildman–Crippen MR) is 44.2 cm³/mol. The third-order valence-electron chi connectivity index (χ3n) is 1.40. The summed E-state index contributed by atoms with van der Waals surface area (Å²) in [5, 5.41) is 16.7. The molecule has 1 atom stereocenters. The maximum Gasteiger partial charge on any atom is 0.239 e. The molecule has 12 heavy (non-hydrogen) atoms. The highest BCUT2D eigenvalue weighted by Gasteiger charge is 2.10. The molecule has 0 aliphatic heterocycles. The fraction of sp³-hybridized carbons (Fsp3) is 0.429. The summed E-state index contributed by atoms with van der Waals surface area (Å²) in [5.74, 6) is 0.300. The maximum absolute atomic E-state index is 9.25. The van der Waals surface area contributed by atoms with E-state index in [0.717, 1.165) is 0 Å². The molecule has 1 N–H and O–H groups in total. The van der Waals surface area contributed by atoms with E-state index in [-0.39, 0.29) is 5.15 Å². The highest BCUT2D eigenvalue weighted by Crippen LogP contribution is 2.23. The number of aromatic nitrogens is 2. The van der Waals surface area contributed by atoms with Gasteiger partial charge in [0.25, 0.3) is 0 Å². The third-order valence-corrected chi connectivity index (χ3v) is 1.59. The van der Waals surface area contributed by atoms with Crippen molar-refractivity contribution in [2.75, 3.05) is 7.11 Å². The molecule has 0 radical (unpaired) electrons. The smallest absolute Gasteiger partial charge is 0.239 e. The van der Waals surface area contributed by atoms with Gasteiger partial charge in [0.15, 0.2) is 5.15 Å². The molecule has 66 valence electrons. The first-order valence-corrected chi connectivity index (χ1v) is 3.78. The molecule has 4 nitrogen and oxygen atoms in total. The van der Waals surface area contributed by atoms with Gasteiger partial charge in [0.05, 0.1) is 13.2 Å². The minimum atomic E-state index is -0.659. The van der Waals surface area contributed by atoms with E-state index in [1.54, 1.807) is 6.92 Å². The van der Waals surface area contributed by atoms with Crippen molar-refractivity contribution in [2.24, 2.45) is 0 Å². The standard InChI is InChI=1S/C7H9ClN2O2/c1-4(11)5-3-6(8)9-10-7(5)12-2/h3-4,11H,1-2H3/t4-/m0/s1. The van der Waals surface area contributed by atoms with Crippen molar-refractivity contribution in [1.29, 1.82) is 0 Å². The van der Waals surface area contributed by atoms with Gasteiger partial charge in [-0.3, -0.25) is 0 Å². The van der Waals surface area contributed by atoms with Crippen LogP contribution in [-0.2, 0) is 0 Å². The lowest BCUT2D eigenvalue weighted by Gasteiger charge is -2.08. The van der Waals surface area contributed by atoms with E-state index in [2.05, 4.69) is 10.2 Å². The second kappa shape index (κ2) is 3.69. The summed E-state index contributed by atoms with van der Waals surface area (Å²) in [5.41, 5.74) is 0.539. The lowest BCUT2D eigenvalue weighted by atomic mass is 10.2. The molecule has 0 spiro atoms. The topological polar surface area (TPSA) is 55.2 Å². The van der Waals surface area contributed by atoms with Crippen LogP contribution < -0.4 is 4.74 Å². The molecular formula is C7H9ClN2O2. The Hall–Kier alpha value is -0.870. The first kappa shape index (κ1) is 9.22. The molecule has 5 heteroatoms. The molecule has 0 aliphatic carbocycles. The second-order valence-electron chi connectivity index (χ2n) is 2.31. The minimum Gasteiger partial charge on any atom is -0.480 e.